The van der Waals surface area contributed by atoms with Crippen molar-refractivity contribution in [3.8, 4) is 0 Å². The van der Waals surface area contributed by atoms with E-state index in [0.29, 0.717) is 10.7 Å². The molecule has 0 amide bonds. The molecule has 2 N–H and O–H groups in total. The standard InChI is InChI=1S/C9H10BrClN2.C2H6/c1-5(12)6-3-8(11)7(10)4-9(6)13-2;1-2/h3-4,12-13H,1-2H3;1-2H3. The number of rotatable bonds is 2. The molecule has 0 saturated carbocycles. The number of hydrogen-bond acceptors (Lipinski definition) is 2. The Balaban J connectivity index is 0.000000921. The molecule has 0 aliphatic rings. The maximum absolute atomic E-state index is 7.53. The van der Waals surface area contributed by atoms with Crippen LogP contribution in [0.2, 0.25) is 5.02 Å². The molecule has 0 bridgehead atoms. The van der Waals surface area contributed by atoms with Crippen LogP contribution >= 0.6 is 27.5 Å². The van der Waals surface area contributed by atoms with E-state index in [1.54, 1.807) is 13.0 Å². The van der Waals surface area contributed by atoms with E-state index in [9.17, 15) is 0 Å². The van der Waals surface area contributed by atoms with Crippen LogP contribution in [-0.4, -0.2) is 12.8 Å². The van der Waals surface area contributed by atoms with Crippen LogP contribution in [0.25, 0.3) is 0 Å². The van der Waals surface area contributed by atoms with Gasteiger partial charge in [0.1, 0.15) is 0 Å². The van der Waals surface area contributed by atoms with E-state index in [0.717, 1.165) is 15.7 Å². The lowest BCUT2D eigenvalue weighted by Gasteiger charge is -2.09. The summed E-state index contributed by atoms with van der Waals surface area (Å²) in [5.41, 5.74) is 2.23. The van der Waals surface area contributed by atoms with E-state index in [4.69, 9.17) is 17.0 Å². The third-order valence-electron chi connectivity index (χ3n) is 1.73. The highest BCUT2D eigenvalue weighted by atomic mass is 79.9. The molecule has 0 fully saturated rings. The molecule has 0 unspecified atom stereocenters. The summed E-state index contributed by atoms with van der Waals surface area (Å²) in [5.74, 6) is 0. The number of anilines is 1. The van der Waals surface area contributed by atoms with E-state index >= 15 is 0 Å². The van der Waals surface area contributed by atoms with Crippen LogP contribution in [0.3, 0.4) is 0 Å². The summed E-state index contributed by atoms with van der Waals surface area (Å²) in [5, 5.41) is 11.2. The zero-order valence-electron chi connectivity index (χ0n) is 9.41. The van der Waals surface area contributed by atoms with Gasteiger partial charge in [0.2, 0.25) is 0 Å². The highest BCUT2D eigenvalue weighted by Gasteiger charge is 2.07. The Morgan fingerprint density at radius 2 is 1.93 bits per heavy atom. The van der Waals surface area contributed by atoms with Crippen molar-refractivity contribution in [1.29, 1.82) is 5.41 Å². The van der Waals surface area contributed by atoms with Crippen LogP contribution in [0.5, 0.6) is 0 Å². The van der Waals surface area contributed by atoms with Gasteiger partial charge in [-0.3, -0.25) is 0 Å². The minimum Gasteiger partial charge on any atom is -0.388 e. The molecule has 1 rings (SSSR count). The fourth-order valence-electron chi connectivity index (χ4n) is 1.06. The van der Waals surface area contributed by atoms with Gasteiger partial charge in [-0.25, -0.2) is 0 Å². The van der Waals surface area contributed by atoms with E-state index in [-0.39, 0.29) is 0 Å². The van der Waals surface area contributed by atoms with Gasteiger partial charge in [0.15, 0.2) is 0 Å². The molecule has 0 aliphatic carbocycles. The highest BCUT2D eigenvalue weighted by Crippen LogP contribution is 2.29. The number of nitrogens with one attached hydrogen (secondary N) is 2. The normalized spacial score (nSPS) is 8.93. The first-order valence-electron chi connectivity index (χ1n) is 4.78. The van der Waals surface area contributed by atoms with Crippen molar-refractivity contribution in [1.82, 2.24) is 0 Å². The van der Waals surface area contributed by atoms with Crippen LogP contribution in [0.15, 0.2) is 16.6 Å². The Bertz CT molecular complexity index is 351. The minimum absolute atomic E-state index is 0.499. The second-order valence-electron chi connectivity index (χ2n) is 2.69. The molecular formula is C11H16BrClN2. The van der Waals surface area contributed by atoms with Crippen LogP contribution in [0.1, 0.15) is 26.3 Å². The summed E-state index contributed by atoms with van der Waals surface area (Å²) in [4.78, 5) is 0. The number of halogens is 2. The molecule has 0 atom stereocenters. The van der Waals surface area contributed by atoms with Crippen molar-refractivity contribution in [3.05, 3.63) is 27.2 Å². The quantitative estimate of drug-likeness (QED) is 0.770. The molecule has 0 spiro atoms. The van der Waals surface area contributed by atoms with Crippen molar-refractivity contribution in [2.75, 3.05) is 12.4 Å². The fourth-order valence-corrected chi connectivity index (χ4v) is 1.57. The first kappa shape index (κ1) is 14.5. The Kier molecular flexibility index (Phi) is 6.61. The van der Waals surface area contributed by atoms with Gasteiger partial charge in [-0.05, 0) is 35.0 Å². The van der Waals surface area contributed by atoms with Gasteiger partial charge in [-0.2, -0.15) is 0 Å². The van der Waals surface area contributed by atoms with Crippen molar-refractivity contribution in [2.24, 2.45) is 0 Å². The number of benzene rings is 1. The molecule has 1 aromatic carbocycles. The van der Waals surface area contributed by atoms with Crippen molar-refractivity contribution in [3.63, 3.8) is 0 Å². The smallest absolute Gasteiger partial charge is 0.0556 e. The van der Waals surface area contributed by atoms with E-state index in [2.05, 4.69) is 21.2 Å². The summed E-state index contributed by atoms with van der Waals surface area (Å²) < 4.78 is 0.837. The van der Waals surface area contributed by atoms with Gasteiger partial charge >= 0.3 is 0 Å². The Morgan fingerprint density at radius 3 is 2.33 bits per heavy atom. The van der Waals surface area contributed by atoms with Gasteiger partial charge in [-0.15, -0.1) is 0 Å². The van der Waals surface area contributed by atoms with Crippen molar-refractivity contribution < 1.29 is 0 Å². The molecule has 0 radical (unpaired) electrons. The van der Waals surface area contributed by atoms with Crippen molar-refractivity contribution in [2.45, 2.75) is 20.8 Å². The molecule has 15 heavy (non-hydrogen) atoms. The van der Waals surface area contributed by atoms with Crippen LogP contribution in [-0.2, 0) is 0 Å². The molecule has 0 heterocycles. The maximum atomic E-state index is 7.53. The van der Waals surface area contributed by atoms with Gasteiger partial charge in [0, 0.05) is 28.5 Å². The lowest BCUT2D eigenvalue weighted by Crippen LogP contribution is -2.00. The summed E-state index contributed by atoms with van der Waals surface area (Å²) in [6.07, 6.45) is 0. The van der Waals surface area contributed by atoms with Crippen molar-refractivity contribution >= 4 is 38.9 Å². The zero-order valence-corrected chi connectivity index (χ0v) is 11.8. The summed E-state index contributed by atoms with van der Waals surface area (Å²) in [7, 11) is 1.82. The number of hydrogen-bond donors (Lipinski definition) is 2. The summed E-state index contributed by atoms with van der Waals surface area (Å²) >= 11 is 9.24. The molecule has 0 aliphatic heterocycles. The van der Waals surface area contributed by atoms with Gasteiger partial charge in [0.05, 0.1) is 5.02 Å². The monoisotopic (exact) mass is 290 g/mol. The molecule has 1 aromatic rings. The first-order chi connectivity index (χ1) is 7.06. The summed E-state index contributed by atoms with van der Waals surface area (Å²) in [6.45, 7) is 5.74. The lowest BCUT2D eigenvalue weighted by molar-refractivity contribution is 1.42. The predicted molar refractivity (Wildman–Crippen MR) is 72.5 cm³/mol. The fraction of sp³-hybridized carbons (Fsp3) is 0.364. The van der Waals surface area contributed by atoms with E-state index in [1.165, 1.54) is 0 Å². The van der Waals surface area contributed by atoms with Gasteiger partial charge < -0.3 is 10.7 Å². The lowest BCUT2D eigenvalue weighted by atomic mass is 10.1. The predicted octanol–water partition coefficient (Wildman–Crippen LogP) is 4.56. The molecule has 2 nitrogen and oxygen atoms in total. The molecular weight excluding hydrogens is 275 g/mol. The Morgan fingerprint density at radius 1 is 1.40 bits per heavy atom. The Labute approximate surface area is 105 Å². The minimum atomic E-state index is 0.499. The topological polar surface area (TPSA) is 35.9 Å². The first-order valence-corrected chi connectivity index (χ1v) is 5.95. The zero-order chi connectivity index (χ0) is 12.0. The summed E-state index contributed by atoms with van der Waals surface area (Å²) in [6, 6.07) is 3.65. The highest BCUT2D eigenvalue weighted by molar-refractivity contribution is 9.10. The van der Waals surface area contributed by atoms with Crippen LogP contribution in [0.4, 0.5) is 5.69 Å². The molecule has 0 aromatic heterocycles. The molecule has 84 valence electrons. The second kappa shape index (κ2) is 6.85. The molecule has 0 saturated heterocycles. The average Bonchev–Trinajstić information content (AvgIpc) is 2.24. The van der Waals surface area contributed by atoms with Gasteiger partial charge in [0.25, 0.3) is 0 Å². The Hall–Kier alpha value is -0.540. The van der Waals surface area contributed by atoms with Gasteiger partial charge in [-0.1, -0.05) is 25.4 Å². The van der Waals surface area contributed by atoms with Crippen LogP contribution < -0.4 is 5.32 Å². The third kappa shape index (κ3) is 3.84. The second-order valence-corrected chi connectivity index (χ2v) is 3.95. The average molecular weight is 292 g/mol. The van der Waals surface area contributed by atoms with Crippen LogP contribution in [0, 0.1) is 5.41 Å². The largest absolute Gasteiger partial charge is 0.388 e. The maximum Gasteiger partial charge on any atom is 0.0556 e. The van der Waals surface area contributed by atoms with E-state index < -0.39 is 0 Å². The third-order valence-corrected chi connectivity index (χ3v) is 2.93. The molecule has 4 heteroatoms. The van der Waals surface area contributed by atoms with E-state index in [1.807, 2.05) is 27.0 Å². The SMILES string of the molecule is CC.CNc1cc(Br)c(Cl)cc1C(C)=N.